The third kappa shape index (κ3) is 16.0. The number of aliphatic hydroxyl groups excluding tert-OH is 1. The van der Waals surface area contributed by atoms with Gasteiger partial charge in [-0.05, 0) is 39.7 Å². The molecule has 2 aromatic rings. The van der Waals surface area contributed by atoms with Crippen LogP contribution in [0.25, 0.3) is 6.08 Å². The first kappa shape index (κ1) is 42.2. The predicted octanol–water partition coefficient (Wildman–Crippen LogP) is 0.313. The van der Waals surface area contributed by atoms with Crippen molar-refractivity contribution in [1.29, 1.82) is 0 Å². The Morgan fingerprint density at radius 1 is 1.24 bits per heavy atom. The van der Waals surface area contributed by atoms with E-state index < -0.39 is 24.6 Å². The molecule has 0 aromatic carbocycles. The van der Waals surface area contributed by atoms with E-state index in [0.29, 0.717) is 35.6 Å². The van der Waals surface area contributed by atoms with Crippen molar-refractivity contribution in [1.82, 2.24) is 30.3 Å². The molecular formula is C32H46N7NaO6. The number of esters is 1. The molecule has 3 N–H and O–H groups in total. The number of aromatic nitrogens is 5. The quantitative estimate of drug-likeness (QED) is 0.0609. The molecule has 2 rings (SSSR count). The molecule has 2 heterocycles. The number of carboxylic acid groups (broad SMARTS) is 1. The van der Waals surface area contributed by atoms with E-state index in [-0.39, 0.29) is 54.1 Å². The van der Waals surface area contributed by atoms with Crippen LogP contribution in [0.15, 0.2) is 71.9 Å². The Balaban J connectivity index is 0.00000198. The number of rotatable bonds is 15. The third-order valence-corrected chi connectivity index (χ3v) is 5.72. The minimum atomic E-state index is -1.47. The second-order valence-corrected chi connectivity index (χ2v) is 11.1. The van der Waals surface area contributed by atoms with Gasteiger partial charge in [0.15, 0.2) is 0 Å². The zero-order valence-electron chi connectivity index (χ0n) is 28.3. The average Bonchev–Trinajstić information content (AvgIpc) is 3.61. The zero-order chi connectivity index (χ0) is 34.0. The van der Waals surface area contributed by atoms with Gasteiger partial charge >= 0.3 is 35.5 Å². The van der Waals surface area contributed by atoms with Crippen molar-refractivity contribution in [3.8, 4) is 0 Å². The van der Waals surface area contributed by atoms with Crippen LogP contribution >= 0.6 is 0 Å². The van der Waals surface area contributed by atoms with E-state index in [0.717, 1.165) is 10.4 Å². The Morgan fingerprint density at radius 3 is 2.48 bits per heavy atom. The maximum absolute atomic E-state index is 12.2. The van der Waals surface area contributed by atoms with Crippen LogP contribution in [0.4, 0.5) is 0 Å². The minimum Gasteiger partial charge on any atom is -0.548 e. The number of H-pyrrole nitrogens is 1. The van der Waals surface area contributed by atoms with Gasteiger partial charge in [0.1, 0.15) is 6.04 Å². The summed E-state index contributed by atoms with van der Waals surface area (Å²) < 4.78 is 11.8. The van der Waals surface area contributed by atoms with Gasteiger partial charge in [-0.15, -0.1) is 5.10 Å². The number of ether oxygens (including phenoxy) is 2. The number of nitrogens with one attached hydrogen (secondary N) is 2. The van der Waals surface area contributed by atoms with Crippen molar-refractivity contribution in [3.05, 3.63) is 84.0 Å². The van der Waals surface area contributed by atoms with Crippen molar-refractivity contribution in [2.24, 2.45) is 4.99 Å². The van der Waals surface area contributed by atoms with Gasteiger partial charge in [0.2, 0.25) is 12.7 Å². The van der Waals surface area contributed by atoms with Crippen molar-refractivity contribution in [2.45, 2.75) is 72.3 Å². The van der Waals surface area contributed by atoms with Gasteiger partial charge in [0, 0.05) is 36.5 Å². The Labute approximate surface area is 293 Å². The molecule has 46 heavy (non-hydrogen) atoms. The standard InChI is InChI=1S/C24H35N7O6.C8H12.Na/c1-15(2)28-22(18(25-6)10-17-21(24(3,4)5)27-13-26-17)37-14-36-20(33)9-7-8-16-11-31(30-29-16)19(12-32)23(34)35;1-4-5-6-7-8(2)3;/h10-11,13,19,25,32H,1,7-9,12,14H2,2-6H3,(H,26,27)(H,34,35);4-7H,1H2,2-3H3;/q;;+1/p-1/b18-10-,28-22?;6-5-;. The number of aromatic amines is 1. The molecule has 0 radical (unpaired) electrons. The van der Waals surface area contributed by atoms with Crippen LogP contribution < -0.4 is 40.0 Å². The van der Waals surface area contributed by atoms with Gasteiger partial charge in [-0.2, -0.15) is 0 Å². The molecule has 0 bridgehead atoms. The summed E-state index contributed by atoms with van der Waals surface area (Å²) >= 11 is 0. The fourth-order valence-corrected chi connectivity index (χ4v) is 3.55. The molecule has 246 valence electrons. The summed E-state index contributed by atoms with van der Waals surface area (Å²) in [6, 6.07) is -1.32. The van der Waals surface area contributed by atoms with Crippen LogP contribution in [0.3, 0.4) is 0 Å². The Morgan fingerprint density at radius 2 is 1.93 bits per heavy atom. The molecule has 2 aromatic heterocycles. The summed E-state index contributed by atoms with van der Waals surface area (Å²) in [4.78, 5) is 35.0. The van der Waals surface area contributed by atoms with Gasteiger partial charge in [0.25, 0.3) is 0 Å². The molecule has 0 spiro atoms. The summed E-state index contributed by atoms with van der Waals surface area (Å²) in [5, 5.41) is 30.7. The van der Waals surface area contributed by atoms with E-state index in [1.807, 2.05) is 18.2 Å². The SMILES string of the molecule is C=C(C)N=C(OCOC(=O)CCCc1cn(C(CO)C(=O)[O-])nn1)/C(=C/c1nc[nH]c1C(C)(C)C)NC.C=C/C=C\C=C(C)C.[Na+]. The minimum absolute atomic E-state index is 0. The van der Waals surface area contributed by atoms with Crippen molar-refractivity contribution >= 4 is 23.9 Å². The molecule has 14 heteroatoms. The summed E-state index contributed by atoms with van der Waals surface area (Å²) in [5.41, 5.74) is 4.29. The normalized spacial score (nSPS) is 12.3. The van der Waals surface area contributed by atoms with Crippen LogP contribution in [-0.2, 0) is 30.9 Å². The number of carboxylic acids is 1. The fraction of sp³-hybridized carbons (Fsp3) is 0.438. The largest absolute Gasteiger partial charge is 1.00 e. The fourth-order valence-electron chi connectivity index (χ4n) is 3.55. The van der Waals surface area contributed by atoms with Gasteiger partial charge in [-0.25, -0.2) is 14.7 Å². The second-order valence-electron chi connectivity index (χ2n) is 11.1. The Hall–Kier alpha value is -3.78. The van der Waals surface area contributed by atoms with Gasteiger partial charge < -0.3 is 34.8 Å². The van der Waals surface area contributed by atoms with Gasteiger partial charge in [-0.1, -0.05) is 69.0 Å². The number of aliphatic carboxylic acids is 1. The monoisotopic (exact) mass is 647 g/mol. The van der Waals surface area contributed by atoms with Gasteiger partial charge in [-0.3, -0.25) is 4.79 Å². The molecule has 0 aliphatic rings. The molecule has 1 atom stereocenters. The zero-order valence-corrected chi connectivity index (χ0v) is 30.3. The first-order chi connectivity index (χ1) is 21.2. The van der Waals surface area contributed by atoms with Crippen LogP contribution in [0, 0.1) is 0 Å². The first-order valence-corrected chi connectivity index (χ1v) is 14.3. The van der Waals surface area contributed by atoms with Crippen LogP contribution in [0.2, 0.25) is 0 Å². The maximum Gasteiger partial charge on any atom is 1.00 e. The molecule has 0 saturated heterocycles. The van der Waals surface area contributed by atoms with E-state index in [1.165, 1.54) is 11.8 Å². The number of imidazole rings is 1. The summed E-state index contributed by atoms with van der Waals surface area (Å²) in [7, 11) is 1.71. The number of hydrogen-bond acceptors (Lipinski definition) is 11. The number of nitrogens with zero attached hydrogens (tertiary/aromatic N) is 5. The maximum atomic E-state index is 12.2. The van der Waals surface area contributed by atoms with Crippen LogP contribution in [0.1, 0.15) is 77.5 Å². The predicted molar refractivity (Wildman–Crippen MR) is 171 cm³/mol. The van der Waals surface area contributed by atoms with E-state index in [9.17, 15) is 14.7 Å². The Kier molecular flexibility index (Phi) is 20.1. The number of likely N-dealkylation sites (N-methyl/N-ethyl adjacent to an activating group) is 1. The first-order valence-electron chi connectivity index (χ1n) is 14.3. The number of carbonyl (C=O) groups excluding carboxylic acids is 2. The molecule has 0 fully saturated rings. The number of allylic oxidation sites excluding steroid dienone is 6. The number of carbonyl (C=O) groups is 2. The van der Waals surface area contributed by atoms with E-state index in [4.69, 9.17) is 14.6 Å². The summed E-state index contributed by atoms with van der Waals surface area (Å²) in [6.45, 7) is 18.3. The Bertz CT molecular complexity index is 1400. The number of hydrogen-bond donors (Lipinski definition) is 3. The molecule has 0 saturated carbocycles. The number of aliphatic imine (C=N–C) groups is 1. The van der Waals surface area contributed by atoms with Crippen LogP contribution in [0.5, 0.6) is 0 Å². The second kappa shape index (κ2) is 21.9. The van der Waals surface area contributed by atoms with E-state index in [1.54, 1.807) is 32.5 Å². The molecule has 13 nitrogen and oxygen atoms in total. The van der Waals surface area contributed by atoms with E-state index in [2.05, 4.69) is 78.4 Å². The van der Waals surface area contributed by atoms with Crippen molar-refractivity contribution < 1.29 is 58.8 Å². The average molecular weight is 648 g/mol. The smallest absolute Gasteiger partial charge is 0.548 e. The summed E-state index contributed by atoms with van der Waals surface area (Å²) in [5.74, 6) is -1.77. The van der Waals surface area contributed by atoms with Crippen LogP contribution in [-0.4, -0.2) is 68.4 Å². The number of aliphatic hydroxyl groups is 1. The summed E-state index contributed by atoms with van der Waals surface area (Å²) in [6.07, 6.45) is 13.3. The van der Waals surface area contributed by atoms with E-state index >= 15 is 0 Å². The molecular weight excluding hydrogens is 601 g/mol. The molecule has 0 amide bonds. The topological polar surface area (TPSA) is 180 Å². The molecule has 0 aliphatic carbocycles. The van der Waals surface area contributed by atoms with Gasteiger partial charge in [0.05, 0.1) is 36.0 Å². The van der Waals surface area contributed by atoms with Crippen molar-refractivity contribution in [3.63, 3.8) is 0 Å². The number of aryl methyl sites for hydroxylation is 1. The molecule has 0 aliphatic heterocycles. The van der Waals surface area contributed by atoms with Crippen molar-refractivity contribution in [2.75, 3.05) is 20.4 Å². The third-order valence-electron chi connectivity index (χ3n) is 5.72. The molecule has 1 unspecified atom stereocenters.